The van der Waals surface area contributed by atoms with Gasteiger partial charge in [-0.05, 0) is 55.7 Å². The quantitative estimate of drug-likeness (QED) is 0.744. The van der Waals surface area contributed by atoms with Gasteiger partial charge in [0.05, 0.1) is 12.1 Å². The summed E-state index contributed by atoms with van der Waals surface area (Å²) in [6.07, 6.45) is -1.86. The molecule has 0 heterocycles. The van der Waals surface area contributed by atoms with Crippen LogP contribution < -0.4 is 10.6 Å². The first-order chi connectivity index (χ1) is 13.1. The van der Waals surface area contributed by atoms with Gasteiger partial charge in [0, 0.05) is 11.8 Å². The maximum Gasteiger partial charge on any atom is 0.416 e. The normalized spacial score (nSPS) is 11.5. The van der Waals surface area contributed by atoms with Crippen molar-refractivity contribution in [3.05, 3.63) is 70.3 Å². The van der Waals surface area contributed by atoms with Crippen molar-refractivity contribution in [1.29, 1.82) is 0 Å². The average molecular weight is 390 g/mol. The van der Waals surface area contributed by atoms with E-state index >= 15 is 0 Å². The van der Waals surface area contributed by atoms with E-state index in [4.69, 9.17) is 0 Å². The van der Waals surface area contributed by atoms with Crippen LogP contribution in [0.2, 0.25) is 0 Å². The largest absolute Gasteiger partial charge is 0.416 e. The standard InChI is InChI=1S/C21H21F3N2O2/c1-13-10-14(2)20(15(3)11-13)26-19(28)12-25-18(27)9-6-16-4-7-17(8-5-16)21(22,23)24/h4-11H,12H2,1-3H3,(H,25,27)(H,26,28)/b9-6+. The van der Waals surface area contributed by atoms with Gasteiger partial charge in [0.15, 0.2) is 0 Å². The van der Waals surface area contributed by atoms with Crippen molar-refractivity contribution in [2.45, 2.75) is 26.9 Å². The maximum atomic E-state index is 12.5. The van der Waals surface area contributed by atoms with E-state index in [0.717, 1.165) is 34.9 Å². The lowest BCUT2D eigenvalue weighted by atomic mass is 10.1. The van der Waals surface area contributed by atoms with Crippen molar-refractivity contribution < 1.29 is 22.8 Å². The molecule has 0 radical (unpaired) electrons. The minimum Gasteiger partial charge on any atom is -0.343 e. The fraction of sp³-hybridized carbons (Fsp3) is 0.238. The Morgan fingerprint density at radius 2 is 1.57 bits per heavy atom. The smallest absolute Gasteiger partial charge is 0.343 e. The van der Waals surface area contributed by atoms with Crippen LogP contribution in [0.3, 0.4) is 0 Å². The van der Waals surface area contributed by atoms with E-state index in [0.29, 0.717) is 11.3 Å². The topological polar surface area (TPSA) is 58.2 Å². The molecule has 0 atom stereocenters. The number of carbonyl (C=O) groups is 2. The predicted octanol–water partition coefficient (Wildman–Crippen LogP) is 4.40. The van der Waals surface area contributed by atoms with Crippen LogP contribution in [-0.4, -0.2) is 18.4 Å². The summed E-state index contributed by atoms with van der Waals surface area (Å²) in [5.41, 5.74) is 3.35. The Bertz CT molecular complexity index is 878. The first kappa shape index (κ1) is 21.2. The van der Waals surface area contributed by atoms with Gasteiger partial charge < -0.3 is 10.6 Å². The minimum atomic E-state index is -4.40. The second kappa shape index (κ2) is 8.73. The van der Waals surface area contributed by atoms with Gasteiger partial charge in [0.2, 0.25) is 11.8 Å². The van der Waals surface area contributed by atoms with Crippen LogP contribution in [-0.2, 0) is 15.8 Å². The second-order valence-electron chi connectivity index (χ2n) is 6.49. The lowest BCUT2D eigenvalue weighted by Gasteiger charge is -2.13. The van der Waals surface area contributed by atoms with Crippen molar-refractivity contribution in [3.63, 3.8) is 0 Å². The van der Waals surface area contributed by atoms with Crippen LogP contribution in [0.25, 0.3) is 6.08 Å². The molecule has 4 nitrogen and oxygen atoms in total. The summed E-state index contributed by atoms with van der Waals surface area (Å²) in [6, 6.07) is 8.32. The molecule has 2 aromatic carbocycles. The van der Waals surface area contributed by atoms with Crippen molar-refractivity contribution in [2.75, 3.05) is 11.9 Å². The molecule has 0 unspecified atom stereocenters. The summed E-state index contributed by atoms with van der Waals surface area (Å²) in [5.74, 6) is -0.890. The molecule has 0 aliphatic rings. The van der Waals surface area contributed by atoms with Gasteiger partial charge in [-0.2, -0.15) is 13.2 Å². The van der Waals surface area contributed by atoms with E-state index in [1.807, 2.05) is 32.9 Å². The van der Waals surface area contributed by atoms with Gasteiger partial charge in [-0.3, -0.25) is 9.59 Å². The summed E-state index contributed by atoms with van der Waals surface area (Å²) in [5, 5.41) is 5.21. The van der Waals surface area contributed by atoms with Crippen molar-refractivity contribution in [1.82, 2.24) is 5.32 Å². The molecular formula is C21H21F3N2O2. The number of hydrogen-bond donors (Lipinski definition) is 2. The molecule has 28 heavy (non-hydrogen) atoms. The van der Waals surface area contributed by atoms with Crippen LogP contribution in [0.4, 0.5) is 18.9 Å². The number of halogens is 3. The molecule has 148 valence electrons. The van der Waals surface area contributed by atoms with Crippen LogP contribution in [0.1, 0.15) is 27.8 Å². The minimum absolute atomic E-state index is 0.219. The van der Waals surface area contributed by atoms with E-state index in [1.165, 1.54) is 18.2 Å². The van der Waals surface area contributed by atoms with Crippen LogP contribution in [0, 0.1) is 20.8 Å². The van der Waals surface area contributed by atoms with Crippen molar-refractivity contribution >= 4 is 23.6 Å². The second-order valence-corrected chi connectivity index (χ2v) is 6.49. The van der Waals surface area contributed by atoms with Crippen molar-refractivity contribution in [2.24, 2.45) is 0 Å². The molecule has 0 bridgehead atoms. The number of carbonyl (C=O) groups excluding carboxylic acids is 2. The highest BCUT2D eigenvalue weighted by molar-refractivity contribution is 5.98. The molecular weight excluding hydrogens is 369 g/mol. The molecule has 2 amide bonds. The molecule has 0 saturated heterocycles. The third kappa shape index (κ3) is 5.97. The van der Waals surface area contributed by atoms with Gasteiger partial charge in [0.25, 0.3) is 0 Å². The molecule has 7 heteroatoms. The zero-order valence-electron chi connectivity index (χ0n) is 15.8. The third-order valence-corrected chi connectivity index (χ3v) is 4.03. The van der Waals surface area contributed by atoms with Gasteiger partial charge in [-0.1, -0.05) is 29.8 Å². The highest BCUT2D eigenvalue weighted by atomic mass is 19.4. The predicted molar refractivity (Wildman–Crippen MR) is 103 cm³/mol. The zero-order chi connectivity index (χ0) is 20.9. The third-order valence-electron chi connectivity index (χ3n) is 4.03. The Labute approximate surface area is 161 Å². The molecule has 0 spiro atoms. The first-order valence-corrected chi connectivity index (χ1v) is 8.57. The summed E-state index contributed by atoms with van der Waals surface area (Å²) < 4.78 is 37.5. The maximum absolute atomic E-state index is 12.5. The lowest BCUT2D eigenvalue weighted by Crippen LogP contribution is -2.32. The molecule has 0 fully saturated rings. The summed E-state index contributed by atoms with van der Waals surface area (Å²) in [6.45, 7) is 5.53. The fourth-order valence-corrected chi connectivity index (χ4v) is 2.74. The Morgan fingerprint density at radius 1 is 1.00 bits per heavy atom. The molecule has 0 aliphatic heterocycles. The van der Waals surface area contributed by atoms with Crippen LogP contribution in [0.15, 0.2) is 42.5 Å². The molecule has 2 N–H and O–H groups in total. The number of anilines is 1. The van der Waals surface area contributed by atoms with E-state index in [2.05, 4.69) is 10.6 Å². The number of amides is 2. The number of rotatable bonds is 5. The highest BCUT2D eigenvalue weighted by Gasteiger charge is 2.29. The van der Waals surface area contributed by atoms with E-state index in [1.54, 1.807) is 0 Å². The average Bonchev–Trinajstić information content (AvgIpc) is 2.60. The SMILES string of the molecule is Cc1cc(C)c(NC(=O)CNC(=O)/C=C/c2ccc(C(F)(F)F)cc2)c(C)c1. The van der Waals surface area contributed by atoms with E-state index in [-0.39, 0.29) is 12.5 Å². The number of hydrogen-bond acceptors (Lipinski definition) is 2. The lowest BCUT2D eigenvalue weighted by molar-refractivity contribution is -0.137. The summed E-state index contributed by atoms with van der Waals surface area (Å²) in [4.78, 5) is 23.9. The van der Waals surface area contributed by atoms with Crippen LogP contribution >= 0.6 is 0 Å². The zero-order valence-corrected chi connectivity index (χ0v) is 15.8. The monoisotopic (exact) mass is 390 g/mol. The Kier molecular flexibility index (Phi) is 6.62. The Balaban J connectivity index is 1.88. The Morgan fingerprint density at radius 3 is 2.11 bits per heavy atom. The summed E-state index contributed by atoms with van der Waals surface area (Å²) >= 11 is 0. The van der Waals surface area contributed by atoms with Gasteiger partial charge in [-0.15, -0.1) is 0 Å². The highest BCUT2D eigenvalue weighted by Crippen LogP contribution is 2.29. The molecule has 0 saturated carbocycles. The van der Waals surface area contributed by atoms with Gasteiger partial charge in [-0.25, -0.2) is 0 Å². The van der Waals surface area contributed by atoms with Crippen LogP contribution in [0.5, 0.6) is 0 Å². The van der Waals surface area contributed by atoms with Gasteiger partial charge >= 0.3 is 6.18 Å². The van der Waals surface area contributed by atoms with E-state index < -0.39 is 17.6 Å². The van der Waals surface area contributed by atoms with E-state index in [9.17, 15) is 22.8 Å². The molecule has 0 aromatic heterocycles. The van der Waals surface area contributed by atoms with Crippen molar-refractivity contribution in [3.8, 4) is 0 Å². The molecule has 0 aliphatic carbocycles. The molecule has 2 aromatic rings. The Hall–Kier alpha value is -3.09. The fourth-order valence-electron chi connectivity index (χ4n) is 2.74. The number of alkyl halides is 3. The molecule has 2 rings (SSSR count). The first-order valence-electron chi connectivity index (χ1n) is 8.57. The van der Waals surface area contributed by atoms with Gasteiger partial charge in [0.1, 0.15) is 0 Å². The number of benzene rings is 2. The number of nitrogens with one attached hydrogen (secondary N) is 2. The summed E-state index contributed by atoms with van der Waals surface area (Å²) in [7, 11) is 0. The number of aryl methyl sites for hydroxylation is 3.